The zero-order valence-electron chi connectivity index (χ0n) is 13.4. The third-order valence-corrected chi connectivity index (χ3v) is 4.81. The number of imide groups is 1. The van der Waals surface area contributed by atoms with Crippen molar-refractivity contribution in [2.45, 2.75) is 19.9 Å². The quantitative estimate of drug-likeness (QED) is 0.543. The second kappa shape index (κ2) is 7.85. The Morgan fingerprint density at radius 2 is 2.12 bits per heavy atom. The number of esters is 1. The van der Waals surface area contributed by atoms with Crippen molar-refractivity contribution in [1.29, 1.82) is 0 Å². The number of benzene rings is 1. The maximum atomic E-state index is 12.4. The molecule has 24 heavy (non-hydrogen) atoms. The fourth-order valence-electron chi connectivity index (χ4n) is 2.12. The van der Waals surface area contributed by atoms with E-state index in [0.29, 0.717) is 12.4 Å². The molecule has 6 nitrogen and oxygen atoms in total. The minimum atomic E-state index is -0.958. The van der Waals surface area contributed by atoms with Gasteiger partial charge in [-0.15, -0.1) is 0 Å². The highest BCUT2D eigenvalue weighted by molar-refractivity contribution is 9.10. The van der Waals surface area contributed by atoms with Gasteiger partial charge in [-0.25, -0.2) is 4.79 Å². The Morgan fingerprint density at radius 1 is 1.42 bits per heavy atom. The highest BCUT2D eigenvalue weighted by atomic mass is 79.9. The molecule has 1 aromatic rings. The Kier molecular flexibility index (Phi) is 6.06. The predicted octanol–water partition coefficient (Wildman–Crippen LogP) is 3.45. The molecule has 1 heterocycles. The molecule has 1 aliphatic heterocycles. The van der Waals surface area contributed by atoms with Gasteiger partial charge in [0.15, 0.2) is 0 Å². The second-order valence-electron chi connectivity index (χ2n) is 4.87. The van der Waals surface area contributed by atoms with Gasteiger partial charge >= 0.3 is 5.97 Å². The van der Waals surface area contributed by atoms with Crippen molar-refractivity contribution in [3.05, 3.63) is 33.1 Å². The molecular weight excluding hydrogens is 398 g/mol. The summed E-state index contributed by atoms with van der Waals surface area (Å²) < 4.78 is 10.8. The lowest BCUT2D eigenvalue weighted by Gasteiger charge is -2.18. The van der Waals surface area contributed by atoms with Gasteiger partial charge in [0.25, 0.3) is 11.1 Å². The van der Waals surface area contributed by atoms with Crippen LogP contribution in [-0.4, -0.2) is 41.8 Å². The first-order valence-electron chi connectivity index (χ1n) is 7.16. The predicted molar refractivity (Wildman–Crippen MR) is 94.6 cm³/mol. The Labute approximate surface area is 152 Å². The van der Waals surface area contributed by atoms with Crippen LogP contribution in [-0.2, 0) is 14.3 Å². The minimum Gasteiger partial charge on any atom is -0.493 e. The first kappa shape index (κ1) is 18.5. The summed E-state index contributed by atoms with van der Waals surface area (Å²) in [6, 6.07) is 4.40. The lowest BCUT2D eigenvalue weighted by atomic mass is 10.2. The van der Waals surface area contributed by atoms with Crippen molar-refractivity contribution in [3.63, 3.8) is 0 Å². The van der Waals surface area contributed by atoms with Gasteiger partial charge in [-0.2, -0.15) is 0 Å². The summed E-state index contributed by atoms with van der Waals surface area (Å²) in [6.07, 6.45) is 1.61. The van der Waals surface area contributed by atoms with E-state index in [1.165, 1.54) is 14.0 Å². The lowest BCUT2D eigenvalue weighted by Crippen LogP contribution is -2.42. The van der Waals surface area contributed by atoms with E-state index in [-0.39, 0.29) is 4.91 Å². The summed E-state index contributed by atoms with van der Waals surface area (Å²) in [5.74, 6) is -0.447. The van der Waals surface area contributed by atoms with Crippen molar-refractivity contribution in [2.24, 2.45) is 0 Å². The van der Waals surface area contributed by atoms with Gasteiger partial charge in [-0.3, -0.25) is 14.5 Å². The van der Waals surface area contributed by atoms with Crippen LogP contribution in [0, 0.1) is 0 Å². The van der Waals surface area contributed by atoms with E-state index >= 15 is 0 Å². The van der Waals surface area contributed by atoms with Crippen LogP contribution in [0.5, 0.6) is 5.75 Å². The number of ether oxygens (including phenoxy) is 2. The number of amides is 2. The zero-order chi connectivity index (χ0) is 17.9. The first-order valence-corrected chi connectivity index (χ1v) is 8.77. The molecule has 0 N–H and O–H groups in total. The number of carbonyl (C=O) groups excluding carboxylic acids is 3. The number of methoxy groups -OCH3 is 1. The number of nitrogens with zero attached hydrogens (tertiary/aromatic N) is 1. The standard InChI is InChI=1S/C16H16BrNO5S/c1-4-23-12-6-5-10(7-11(12)17)8-13-14(19)18(16(21)24-13)9(2)15(20)22-3/h5-9H,4H2,1-3H3/b13-8+/t9-/m0/s1. The zero-order valence-corrected chi connectivity index (χ0v) is 15.8. The number of rotatable bonds is 5. The summed E-state index contributed by atoms with van der Waals surface area (Å²) in [5, 5.41) is -0.492. The van der Waals surface area contributed by atoms with Crippen LogP contribution in [0.3, 0.4) is 0 Å². The topological polar surface area (TPSA) is 72.9 Å². The molecule has 8 heteroatoms. The van der Waals surface area contributed by atoms with Crippen LogP contribution in [0.1, 0.15) is 19.4 Å². The summed E-state index contributed by atoms with van der Waals surface area (Å²) in [7, 11) is 1.21. The van der Waals surface area contributed by atoms with Gasteiger partial charge in [0.05, 0.1) is 23.1 Å². The second-order valence-corrected chi connectivity index (χ2v) is 6.72. The molecular formula is C16H16BrNO5S. The number of hydrogen-bond acceptors (Lipinski definition) is 6. The van der Waals surface area contributed by atoms with Crippen LogP contribution < -0.4 is 4.74 Å². The van der Waals surface area contributed by atoms with Gasteiger partial charge in [0, 0.05) is 0 Å². The number of halogens is 1. The van der Waals surface area contributed by atoms with Crippen LogP contribution in [0.4, 0.5) is 4.79 Å². The molecule has 0 saturated carbocycles. The molecule has 0 aliphatic carbocycles. The number of carbonyl (C=O) groups is 3. The van der Waals surface area contributed by atoms with E-state index in [1.54, 1.807) is 24.3 Å². The summed E-state index contributed by atoms with van der Waals surface area (Å²) >= 11 is 4.20. The molecule has 1 atom stereocenters. The van der Waals surface area contributed by atoms with E-state index in [4.69, 9.17) is 4.74 Å². The fourth-order valence-corrected chi connectivity index (χ4v) is 3.54. The van der Waals surface area contributed by atoms with Crippen molar-refractivity contribution in [2.75, 3.05) is 13.7 Å². The number of thioether (sulfide) groups is 1. The van der Waals surface area contributed by atoms with Crippen molar-refractivity contribution >= 4 is 50.9 Å². The molecule has 0 radical (unpaired) electrons. The average Bonchev–Trinajstić information content (AvgIpc) is 2.82. The Morgan fingerprint density at radius 3 is 2.71 bits per heavy atom. The molecule has 1 saturated heterocycles. The van der Waals surface area contributed by atoms with E-state index in [1.807, 2.05) is 6.92 Å². The number of hydrogen-bond donors (Lipinski definition) is 0. The molecule has 0 spiro atoms. The Bertz CT molecular complexity index is 718. The van der Waals surface area contributed by atoms with Gasteiger partial charge in [0.1, 0.15) is 11.8 Å². The molecule has 1 aliphatic rings. The summed E-state index contributed by atoms with van der Waals surface area (Å²) in [6.45, 7) is 3.89. The largest absolute Gasteiger partial charge is 0.493 e. The monoisotopic (exact) mass is 413 g/mol. The van der Waals surface area contributed by atoms with Gasteiger partial charge in [-0.1, -0.05) is 6.07 Å². The van der Waals surface area contributed by atoms with Gasteiger partial charge in [-0.05, 0) is 65.3 Å². The van der Waals surface area contributed by atoms with Crippen LogP contribution >= 0.6 is 27.7 Å². The lowest BCUT2D eigenvalue weighted by molar-refractivity contribution is -0.148. The Balaban J connectivity index is 2.25. The normalized spacial score (nSPS) is 17.3. The van der Waals surface area contributed by atoms with Crippen LogP contribution in [0.15, 0.2) is 27.6 Å². The fraction of sp³-hybridized carbons (Fsp3) is 0.312. The molecule has 1 fully saturated rings. The maximum absolute atomic E-state index is 12.4. The smallest absolute Gasteiger partial charge is 0.328 e. The van der Waals surface area contributed by atoms with Gasteiger partial charge < -0.3 is 9.47 Å². The van der Waals surface area contributed by atoms with Crippen LogP contribution in [0.25, 0.3) is 6.08 Å². The van der Waals surface area contributed by atoms with Crippen molar-refractivity contribution in [3.8, 4) is 5.75 Å². The molecule has 0 bridgehead atoms. The highest BCUT2D eigenvalue weighted by Gasteiger charge is 2.41. The molecule has 2 amide bonds. The molecule has 128 valence electrons. The van der Waals surface area contributed by atoms with Crippen molar-refractivity contribution < 1.29 is 23.9 Å². The maximum Gasteiger partial charge on any atom is 0.328 e. The highest BCUT2D eigenvalue weighted by Crippen LogP contribution is 2.35. The molecule has 0 unspecified atom stereocenters. The van der Waals surface area contributed by atoms with Crippen molar-refractivity contribution in [1.82, 2.24) is 4.90 Å². The van der Waals surface area contributed by atoms with Gasteiger partial charge in [0.2, 0.25) is 0 Å². The summed E-state index contributed by atoms with van der Waals surface area (Å²) in [5.41, 5.74) is 0.738. The van der Waals surface area contributed by atoms with E-state index in [9.17, 15) is 14.4 Å². The van der Waals surface area contributed by atoms with E-state index in [2.05, 4.69) is 20.7 Å². The van der Waals surface area contributed by atoms with Crippen LogP contribution in [0.2, 0.25) is 0 Å². The first-order chi connectivity index (χ1) is 11.4. The van der Waals surface area contributed by atoms with E-state index in [0.717, 1.165) is 26.7 Å². The molecule has 2 rings (SSSR count). The Hall–Kier alpha value is -1.80. The average molecular weight is 414 g/mol. The summed E-state index contributed by atoms with van der Waals surface area (Å²) in [4.78, 5) is 37.2. The molecule has 1 aromatic carbocycles. The molecule has 0 aromatic heterocycles. The van der Waals surface area contributed by atoms with E-state index < -0.39 is 23.2 Å². The third-order valence-electron chi connectivity index (χ3n) is 3.31. The minimum absolute atomic E-state index is 0.256. The third kappa shape index (κ3) is 3.81. The SMILES string of the molecule is CCOc1ccc(/C=C2/SC(=O)N([C@@H](C)C(=O)OC)C2=O)cc1Br.